The minimum absolute atomic E-state index is 0.183. The summed E-state index contributed by atoms with van der Waals surface area (Å²) in [7, 11) is 0. The van der Waals surface area contributed by atoms with Gasteiger partial charge in [0.15, 0.2) is 5.82 Å². The molecule has 114 valence electrons. The van der Waals surface area contributed by atoms with Crippen molar-refractivity contribution in [2.75, 3.05) is 5.43 Å². The summed E-state index contributed by atoms with van der Waals surface area (Å²) in [6, 6.07) is 15.5. The van der Waals surface area contributed by atoms with Crippen LogP contribution in [0.1, 0.15) is 10.4 Å². The molecule has 3 rings (SSSR count). The second-order valence-corrected chi connectivity index (χ2v) is 4.72. The van der Waals surface area contributed by atoms with Crippen molar-refractivity contribution in [2.24, 2.45) is 0 Å². The number of hydrogen-bond acceptors (Lipinski definition) is 4. The zero-order valence-electron chi connectivity index (χ0n) is 12.0. The zero-order valence-corrected chi connectivity index (χ0v) is 12.0. The molecule has 3 aromatic rings. The average molecular weight is 308 g/mol. The molecule has 2 N–H and O–H groups in total. The predicted octanol–water partition coefficient (Wildman–Crippen LogP) is 3.04. The van der Waals surface area contributed by atoms with Crippen molar-refractivity contribution in [1.29, 1.82) is 0 Å². The van der Waals surface area contributed by atoms with Crippen LogP contribution in [0.15, 0.2) is 67.0 Å². The number of benzene rings is 2. The number of nitrogens with one attached hydrogen (secondary N) is 2. The number of hydrogen-bond donors (Lipinski definition) is 2. The van der Waals surface area contributed by atoms with Gasteiger partial charge in [0.1, 0.15) is 5.82 Å². The van der Waals surface area contributed by atoms with Gasteiger partial charge >= 0.3 is 0 Å². The number of carbonyl (C=O) groups is 1. The average Bonchev–Trinajstić information content (AvgIpc) is 2.62. The Bertz CT molecular complexity index is 806. The number of hydrazine groups is 1. The Balaban J connectivity index is 1.67. The first-order valence-corrected chi connectivity index (χ1v) is 6.92. The highest BCUT2D eigenvalue weighted by Gasteiger charge is 2.08. The van der Waals surface area contributed by atoms with E-state index in [4.69, 9.17) is 0 Å². The number of amides is 1. The zero-order chi connectivity index (χ0) is 16.1. The molecule has 0 fully saturated rings. The van der Waals surface area contributed by atoms with Crippen LogP contribution < -0.4 is 10.9 Å². The number of para-hydroxylation sites is 1. The van der Waals surface area contributed by atoms with Crippen LogP contribution in [-0.2, 0) is 0 Å². The van der Waals surface area contributed by atoms with Crippen molar-refractivity contribution in [1.82, 2.24) is 15.4 Å². The Labute approximate surface area is 132 Å². The Morgan fingerprint density at radius 1 is 0.913 bits per heavy atom. The van der Waals surface area contributed by atoms with Gasteiger partial charge in [-0.25, -0.2) is 14.4 Å². The van der Waals surface area contributed by atoms with Crippen LogP contribution in [-0.4, -0.2) is 15.9 Å². The fourth-order valence-corrected chi connectivity index (χ4v) is 1.94. The standard InChI is InChI=1S/C17H13FN4O/c18-14-8-4-5-9-15(14)21-22-17(23)13-10-19-16(20-11-13)12-6-2-1-3-7-12/h1-11,21H,(H,22,23). The third kappa shape index (κ3) is 3.49. The minimum atomic E-state index is -0.455. The summed E-state index contributed by atoms with van der Waals surface area (Å²) in [6.45, 7) is 0. The molecule has 23 heavy (non-hydrogen) atoms. The van der Waals surface area contributed by atoms with E-state index in [9.17, 15) is 9.18 Å². The van der Waals surface area contributed by atoms with Crippen LogP contribution in [0.5, 0.6) is 0 Å². The second kappa shape index (κ2) is 6.65. The first kappa shape index (κ1) is 14.6. The second-order valence-electron chi connectivity index (χ2n) is 4.72. The van der Waals surface area contributed by atoms with E-state index < -0.39 is 11.7 Å². The molecule has 0 aliphatic carbocycles. The molecule has 5 nitrogen and oxygen atoms in total. The highest BCUT2D eigenvalue weighted by Crippen LogP contribution is 2.13. The third-order valence-electron chi connectivity index (χ3n) is 3.13. The van der Waals surface area contributed by atoms with Crippen LogP contribution in [0.25, 0.3) is 11.4 Å². The number of halogens is 1. The molecule has 1 amide bonds. The summed E-state index contributed by atoms with van der Waals surface area (Å²) in [5.41, 5.74) is 6.25. The molecule has 6 heteroatoms. The Hall–Kier alpha value is -3.28. The maximum Gasteiger partial charge on any atom is 0.272 e. The minimum Gasteiger partial charge on any atom is -0.295 e. The van der Waals surface area contributed by atoms with Gasteiger partial charge in [-0.3, -0.25) is 15.6 Å². The fourth-order valence-electron chi connectivity index (χ4n) is 1.94. The fraction of sp³-hybridized carbons (Fsp3) is 0. The van der Waals surface area contributed by atoms with E-state index in [0.717, 1.165) is 5.56 Å². The third-order valence-corrected chi connectivity index (χ3v) is 3.13. The van der Waals surface area contributed by atoms with Gasteiger partial charge in [-0.05, 0) is 12.1 Å². The number of rotatable bonds is 4. The molecule has 0 spiro atoms. The van der Waals surface area contributed by atoms with Crippen LogP contribution >= 0.6 is 0 Å². The maximum absolute atomic E-state index is 13.4. The monoisotopic (exact) mass is 308 g/mol. The van der Waals surface area contributed by atoms with E-state index in [2.05, 4.69) is 20.8 Å². The number of nitrogens with zero attached hydrogens (tertiary/aromatic N) is 2. The predicted molar refractivity (Wildman–Crippen MR) is 85.0 cm³/mol. The van der Waals surface area contributed by atoms with E-state index in [0.29, 0.717) is 5.82 Å². The van der Waals surface area contributed by atoms with Crippen LogP contribution in [0, 0.1) is 5.82 Å². The van der Waals surface area contributed by atoms with Gasteiger partial charge in [-0.15, -0.1) is 0 Å². The van der Waals surface area contributed by atoms with E-state index in [1.54, 1.807) is 12.1 Å². The van der Waals surface area contributed by atoms with E-state index in [1.807, 2.05) is 30.3 Å². The summed E-state index contributed by atoms with van der Waals surface area (Å²) in [4.78, 5) is 20.3. The lowest BCUT2D eigenvalue weighted by molar-refractivity contribution is 0.0962. The summed E-state index contributed by atoms with van der Waals surface area (Å²) >= 11 is 0. The molecule has 0 atom stereocenters. The summed E-state index contributed by atoms with van der Waals surface area (Å²) < 4.78 is 13.4. The first-order valence-electron chi connectivity index (χ1n) is 6.92. The molecule has 2 aromatic carbocycles. The maximum atomic E-state index is 13.4. The lowest BCUT2D eigenvalue weighted by atomic mass is 10.2. The Morgan fingerprint density at radius 2 is 1.57 bits per heavy atom. The highest BCUT2D eigenvalue weighted by molar-refractivity contribution is 5.94. The molecule has 0 aliphatic heterocycles. The van der Waals surface area contributed by atoms with Crippen LogP contribution in [0.2, 0.25) is 0 Å². The molecular weight excluding hydrogens is 295 g/mol. The molecule has 0 aliphatic rings. The molecule has 1 heterocycles. The summed E-state index contributed by atoms with van der Waals surface area (Å²) in [6.07, 6.45) is 2.85. The van der Waals surface area contributed by atoms with E-state index in [-0.39, 0.29) is 11.3 Å². The lowest BCUT2D eigenvalue weighted by Crippen LogP contribution is -2.30. The smallest absolute Gasteiger partial charge is 0.272 e. The van der Waals surface area contributed by atoms with E-state index >= 15 is 0 Å². The van der Waals surface area contributed by atoms with Crippen molar-refractivity contribution in [2.45, 2.75) is 0 Å². The largest absolute Gasteiger partial charge is 0.295 e. The van der Waals surface area contributed by atoms with Crippen molar-refractivity contribution in [3.63, 3.8) is 0 Å². The molecule has 0 unspecified atom stereocenters. The molecule has 1 aromatic heterocycles. The van der Waals surface area contributed by atoms with Gasteiger partial charge < -0.3 is 0 Å². The van der Waals surface area contributed by atoms with Gasteiger partial charge in [0.05, 0.1) is 11.3 Å². The van der Waals surface area contributed by atoms with Crippen molar-refractivity contribution < 1.29 is 9.18 Å². The topological polar surface area (TPSA) is 66.9 Å². The molecule has 0 saturated heterocycles. The van der Waals surface area contributed by atoms with Gasteiger partial charge in [0.2, 0.25) is 0 Å². The number of anilines is 1. The quantitative estimate of drug-likeness (QED) is 0.727. The van der Waals surface area contributed by atoms with Gasteiger partial charge in [0, 0.05) is 18.0 Å². The van der Waals surface area contributed by atoms with E-state index in [1.165, 1.54) is 24.5 Å². The number of carbonyl (C=O) groups excluding carboxylic acids is 1. The molecule has 0 bridgehead atoms. The van der Waals surface area contributed by atoms with Crippen LogP contribution in [0.4, 0.5) is 10.1 Å². The summed E-state index contributed by atoms with van der Waals surface area (Å²) in [5, 5.41) is 0. The highest BCUT2D eigenvalue weighted by atomic mass is 19.1. The number of aromatic nitrogens is 2. The SMILES string of the molecule is O=C(NNc1ccccc1F)c1cnc(-c2ccccc2)nc1. The Kier molecular flexibility index (Phi) is 4.24. The Morgan fingerprint density at radius 3 is 2.26 bits per heavy atom. The molecular formula is C17H13FN4O. The van der Waals surface area contributed by atoms with Gasteiger partial charge in [-0.1, -0.05) is 42.5 Å². The van der Waals surface area contributed by atoms with Gasteiger partial charge in [-0.2, -0.15) is 0 Å². The first-order chi connectivity index (χ1) is 11.2. The normalized spacial score (nSPS) is 10.1. The summed E-state index contributed by atoms with van der Waals surface area (Å²) in [5.74, 6) is -0.374. The van der Waals surface area contributed by atoms with Crippen molar-refractivity contribution in [3.8, 4) is 11.4 Å². The van der Waals surface area contributed by atoms with Crippen LogP contribution in [0.3, 0.4) is 0 Å². The van der Waals surface area contributed by atoms with Gasteiger partial charge in [0.25, 0.3) is 5.91 Å². The lowest BCUT2D eigenvalue weighted by Gasteiger charge is -2.09. The molecule has 0 radical (unpaired) electrons. The van der Waals surface area contributed by atoms with Crippen molar-refractivity contribution in [3.05, 3.63) is 78.4 Å². The van der Waals surface area contributed by atoms with Crippen molar-refractivity contribution >= 4 is 11.6 Å². The molecule has 0 saturated carbocycles.